The first kappa shape index (κ1) is 17.8. The van der Waals surface area contributed by atoms with Gasteiger partial charge in [-0.2, -0.15) is 0 Å². The number of sulfonamides is 1. The van der Waals surface area contributed by atoms with Gasteiger partial charge in [-0.05, 0) is 43.1 Å². The van der Waals surface area contributed by atoms with Crippen LogP contribution in [0.4, 0.5) is 0 Å². The fourth-order valence-corrected chi connectivity index (χ4v) is 3.34. The van der Waals surface area contributed by atoms with Gasteiger partial charge in [-0.1, -0.05) is 19.8 Å². The van der Waals surface area contributed by atoms with E-state index in [-0.39, 0.29) is 0 Å². The van der Waals surface area contributed by atoms with Crippen molar-refractivity contribution >= 4 is 20.9 Å². The van der Waals surface area contributed by atoms with Crippen LogP contribution >= 0.6 is 0 Å². The Labute approximate surface area is 137 Å². The quantitative estimate of drug-likeness (QED) is 0.608. The summed E-state index contributed by atoms with van der Waals surface area (Å²) in [7, 11) is -3.75. The summed E-state index contributed by atoms with van der Waals surface area (Å²) in [5.41, 5.74) is 6.66. The van der Waals surface area contributed by atoms with Crippen molar-refractivity contribution in [2.45, 2.75) is 44.5 Å². The standard InChI is InChI=1S/C16H25N3O3S/c1-2-3-4-5-16(23(18,20)21)22-13-6-7-15-14(10-13)12(8-9-17)11-19-15/h6-7,10-11,16,19H,2-5,8-9,17H2,1H3,(H2,18,20,21). The van der Waals surface area contributed by atoms with E-state index >= 15 is 0 Å². The predicted molar refractivity (Wildman–Crippen MR) is 92.7 cm³/mol. The summed E-state index contributed by atoms with van der Waals surface area (Å²) in [4.78, 5) is 3.17. The van der Waals surface area contributed by atoms with E-state index in [2.05, 4.69) is 11.9 Å². The molecule has 0 saturated heterocycles. The second-order valence-electron chi connectivity index (χ2n) is 5.69. The summed E-state index contributed by atoms with van der Waals surface area (Å²) in [6.07, 6.45) is 5.79. The van der Waals surface area contributed by atoms with Crippen LogP contribution < -0.4 is 15.6 Å². The summed E-state index contributed by atoms with van der Waals surface area (Å²) < 4.78 is 29.2. The maximum atomic E-state index is 11.7. The highest BCUT2D eigenvalue weighted by Crippen LogP contribution is 2.26. The number of unbranched alkanes of at least 4 members (excludes halogenated alkanes) is 2. The van der Waals surface area contributed by atoms with Crippen LogP contribution in [0, 0.1) is 0 Å². The van der Waals surface area contributed by atoms with E-state index in [1.165, 1.54) is 0 Å². The molecule has 1 atom stereocenters. The summed E-state index contributed by atoms with van der Waals surface area (Å²) in [6.45, 7) is 2.61. The molecule has 0 aliphatic rings. The third kappa shape index (κ3) is 4.70. The smallest absolute Gasteiger partial charge is 0.247 e. The van der Waals surface area contributed by atoms with Crippen LogP contribution in [0.15, 0.2) is 24.4 Å². The molecule has 23 heavy (non-hydrogen) atoms. The number of primary sulfonamides is 1. The maximum absolute atomic E-state index is 11.7. The lowest BCUT2D eigenvalue weighted by molar-refractivity contribution is 0.258. The SMILES string of the molecule is CCCCCC(Oc1ccc2[nH]cc(CCN)c2c1)S(N)(=O)=O. The van der Waals surface area contributed by atoms with Gasteiger partial charge in [-0.3, -0.25) is 0 Å². The predicted octanol–water partition coefficient (Wildman–Crippen LogP) is 2.24. The van der Waals surface area contributed by atoms with Gasteiger partial charge in [0.15, 0.2) is 0 Å². The zero-order valence-corrected chi connectivity index (χ0v) is 14.2. The lowest BCUT2D eigenvalue weighted by Gasteiger charge is -2.17. The molecular formula is C16H25N3O3S. The Kier molecular flexibility index (Phi) is 6.04. The van der Waals surface area contributed by atoms with E-state index < -0.39 is 15.5 Å². The van der Waals surface area contributed by atoms with E-state index in [0.29, 0.717) is 18.7 Å². The minimum absolute atomic E-state index is 0.396. The number of H-pyrrole nitrogens is 1. The van der Waals surface area contributed by atoms with Gasteiger partial charge in [0.1, 0.15) is 5.75 Å². The number of nitrogens with two attached hydrogens (primary N) is 2. The van der Waals surface area contributed by atoms with Crippen LogP contribution in [0.25, 0.3) is 10.9 Å². The molecule has 0 amide bonds. The highest BCUT2D eigenvalue weighted by Gasteiger charge is 2.23. The summed E-state index contributed by atoms with van der Waals surface area (Å²) in [5.74, 6) is 0.505. The van der Waals surface area contributed by atoms with Crippen molar-refractivity contribution in [1.29, 1.82) is 0 Å². The number of aromatic amines is 1. The van der Waals surface area contributed by atoms with E-state index in [1.807, 2.05) is 18.3 Å². The normalized spacial score (nSPS) is 13.3. The molecule has 0 aliphatic heterocycles. The topological polar surface area (TPSA) is 111 Å². The minimum atomic E-state index is -3.75. The molecule has 0 fully saturated rings. The summed E-state index contributed by atoms with van der Waals surface area (Å²) in [6, 6.07) is 5.47. The molecule has 2 aromatic rings. The van der Waals surface area contributed by atoms with Gasteiger partial charge in [0.05, 0.1) is 0 Å². The number of nitrogens with one attached hydrogen (secondary N) is 1. The van der Waals surface area contributed by atoms with Crippen molar-refractivity contribution in [2.24, 2.45) is 10.9 Å². The molecule has 0 aliphatic carbocycles. The van der Waals surface area contributed by atoms with Crippen LogP contribution in [-0.4, -0.2) is 25.4 Å². The molecule has 1 aromatic carbocycles. The van der Waals surface area contributed by atoms with Gasteiger partial charge in [0, 0.05) is 23.5 Å². The van der Waals surface area contributed by atoms with Crippen LogP contribution in [0.1, 0.15) is 38.2 Å². The number of ether oxygens (including phenoxy) is 1. The average molecular weight is 339 g/mol. The first-order valence-corrected chi connectivity index (χ1v) is 9.55. The zero-order chi connectivity index (χ0) is 16.9. The number of hydrogen-bond acceptors (Lipinski definition) is 4. The fourth-order valence-electron chi connectivity index (χ4n) is 2.60. The van der Waals surface area contributed by atoms with E-state index in [4.69, 9.17) is 15.6 Å². The number of benzene rings is 1. The van der Waals surface area contributed by atoms with Gasteiger partial charge < -0.3 is 15.5 Å². The molecule has 2 rings (SSSR count). The Hall–Kier alpha value is -1.57. The van der Waals surface area contributed by atoms with Gasteiger partial charge in [0.2, 0.25) is 15.5 Å². The second kappa shape index (κ2) is 7.81. The fraction of sp³-hybridized carbons (Fsp3) is 0.500. The third-order valence-corrected chi connectivity index (χ3v) is 4.89. The Balaban J connectivity index is 2.21. The summed E-state index contributed by atoms with van der Waals surface area (Å²) >= 11 is 0. The molecule has 0 saturated carbocycles. The van der Waals surface area contributed by atoms with Crippen molar-refractivity contribution < 1.29 is 13.2 Å². The number of hydrogen-bond donors (Lipinski definition) is 3. The zero-order valence-electron chi connectivity index (χ0n) is 13.4. The molecule has 128 valence electrons. The van der Waals surface area contributed by atoms with Gasteiger partial charge in [-0.25, -0.2) is 13.6 Å². The molecule has 6 nitrogen and oxygen atoms in total. The molecule has 1 heterocycles. The maximum Gasteiger partial charge on any atom is 0.247 e. The molecule has 1 unspecified atom stereocenters. The van der Waals surface area contributed by atoms with Crippen molar-refractivity contribution in [1.82, 2.24) is 4.98 Å². The molecule has 1 aromatic heterocycles. The van der Waals surface area contributed by atoms with Crippen LogP contribution in [0.2, 0.25) is 0 Å². The van der Waals surface area contributed by atoms with Crippen LogP contribution in [-0.2, 0) is 16.4 Å². The highest BCUT2D eigenvalue weighted by atomic mass is 32.2. The second-order valence-corrected chi connectivity index (χ2v) is 7.40. The Morgan fingerprint density at radius 1 is 1.30 bits per heavy atom. The molecular weight excluding hydrogens is 314 g/mol. The lowest BCUT2D eigenvalue weighted by atomic mass is 10.1. The highest BCUT2D eigenvalue weighted by molar-refractivity contribution is 7.89. The van der Waals surface area contributed by atoms with E-state index in [9.17, 15) is 8.42 Å². The van der Waals surface area contributed by atoms with Gasteiger partial charge >= 0.3 is 0 Å². The molecule has 7 heteroatoms. The Morgan fingerprint density at radius 2 is 2.09 bits per heavy atom. The number of fused-ring (bicyclic) bond motifs is 1. The van der Waals surface area contributed by atoms with Crippen LogP contribution in [0.5, 0.6) is 5.75 Å². The molecule has 0 spiro atoms. The first-order valence-electron chi connectivity index (χ1n) is 7.94. The monoisotopic (exact) mass is 339 g/mol. The van der Waals surface area contributed by atoms with E-state index in [1.54, 1.807) is 6.07 Å². The van der Waals surface area contributed by atoms with E-state index in [0.717, 1.165) is 42.1 Å². The van der Waals surface area contributed by atoms with Gasteiger partial charge in [-0.15, -0.1) is 0 Å². The third-order valence-electron chi connectivity index (χ3n) is 3.83. The average Bonchev–Trinajstić information content (AvgIpc) is 2.88. The summed E-state index contributed by atoms with van der Waals surface area (Å²) in [5, 5.41) is 6.30. The van der Waals surface area contributed by atoms with Crippen molar-refractivity contribution in [3.05, 3.63) is 30.0 Å². The number of aromatic nitrogens is 1. The first-order chi connectivity index (χ1) is 11.0. The number of rotatable bonds is 9. The largest absolute Gasteiger partial charge is 0.473 e. The van der Waals surface area contributed by atoms with Crippen molar-refractivity contribution in [2.75, 3.05) is 6.54 Å². The van der Waals surface area contributed by atoms with Crippen LogP contribution in [0.3, 0.4) is 0 Å². The van der Waals surface area contributed by atoms with Gasteiger partial charge in [0.25, 0.3) is 0 Å². The molecule has 0 bridgehead atoms. The lowest BCUT2D eigenvalue weighted by Crippen LogP contribution is -2.33. The molecule has 0 radical (unpaired) electrons. The van der Waals surface area contributed by atoms with Crippen molar-refractivity contribution in [3.8, 4) is 5.75 Å². The van der Waals surface area contributed by atoms with Crippen molar-refractivity contribution in [3.63, 3.8) is 0 Å². The minimum Gasteiger partial charge on any atom is -0.473 e. The Bertz CT molecular complexity index is 740. The Morgan fingerprint density at radius 3 is 2.74 bits per heavy atom. The molecule has 5 N–H and O–H groups in total.